The van der Waals surface area contributed by atoms with Gasteiger partial charge in [0.1, 0.15) is 0 Å². The van der Waals surface area contributed by atoms with Crippen molar-refractivity contribution in [1.82, 2.24) is 24.5 Å². The molecule has 0 bridgehead atoms. The molecule has 90 valence electrons. The highest BCUT2D eigenvalue weighted by Crippen LogP contribution is 2.15. The lowest BCUT2D eigenvalue weighted by Gasteiger charge is -2.08. The number of nitrogens with zero attached hydrogens (tertiary/aromatic N) is 5. The van der Waals surface area contributed by atoms with Crippen molar-refractivity contribution in [2.75, 3.05) is 5.73 Å². The van der Waals surface area contributed by atoms with Gasteiger partial charge in [-0.2, -0.15) is 15.0 Å². The first-order valence-corrected chi connectivity index (χ1v) is 5.22. The van der Waals surface area contributed by atoms with Crippen LogP contribution in [0.4, 0.5) is 5.95 Å². The lowest BCUT2D eigenvalue weighted by atomic mass is 10.5. The maximum atomic E-state index is 5.61. The van der Waals surface area contributed by atoms with Gasteiger partial charge >= 0.3 is 6.01 Å². The minimum atomic E-state index is -0.0222. The number of nitrogens with two attached hydrogens (primary N) is 1. The Morgan fingerprint density at radius 3 is 2.65 bits per heavy atom. The van der Waals surface area contributed by atoms with Crippen LogP contribution in [0.3, 0.4) is 0 Å². The van der Waals surface area contributed by atoms with Crippen LogP contribution in [-0.2, 0) is 7.05 Å². The average molecular weight is 234 g/mol. The van der Waals surface area contributed by atoms with Crippen LogP contribution in [-0.4, -0.2) is 30.6 Å². The van der Waals surface area contributed by atoms with Gasteiger partial charge in [-0.3, -0.25) is 0 Å². The minimum absolute atomic E-state index is 0.0222. The number of ether oxygens (including phenoxy) is 1. The van der Waals surface area contributed by atoms with Gasteiger partial charge in [0.05, 0.1) is 6.10 Å². The van der Waals surface area contributed by atoms with E-state index in [0.29, 0.717) is 11.6 Å². The van der Waals surface area contributed by atoms with Crippen molar-refractivity contribution in [2.24, 2.45) is 7.05 Å². The molecule has 0 radical (unpaired) electrons. The molecule has 0 aliphatic rings. The Morgan fingerprint density at radius 2 is 2.06 bits per heavy atom. The average Bonchev–Trinajstić information content (AvgIpc) is 2.62. The maximum absolute atomic E-state index is 5.61. The van der Waals surface area contributed by atoms with E-state index in [4.69, 9.17) is 10.5 Å². The largest absolute Gasteiger partial charge is 0.461 e. The molecule has 2 aromatic rings. The van der Waals surface area contributed by atoms with Crippen LogP contribution in [0.1, 0.15) is 13.8 Å². The highest BCUT2D eigenvalue weighted by Gasteiger charge is 2.12. The smallest absolute Gasteiger partial charge is 0.322 e. The number of anilines is 1. The molecular formula is C10H14N6O. The number of aromatic nitrogens is 5. The molecule has 0 aliphatic carbocycles. The molecule has 17 heavy (non-hydrogen) atoms. The summed E-state index contributed by atoms with van der Waals surface area (Å²) < 4.78 is 7.19. The summed E-state index contributed by atoms with van der Waals surface area (Å²) in [5.41, 5.74) is 5.61. The normalized spacial score (nSPS) is 10.8. The number of rotatable bonds is 3. The number of nitrogen functional groups attached to an aromatic ring is 1. The second-order valence-corrected chi connectivity index (χ2v) is 3.83. The summed E-state index contributed by atoms with van der Waals surface area (Å²) in [5, 5.41) is 0. The zero-order chi connectivity index (χ0) is 12.4. The molecule has 0 atom stereocenters. The second-order valence-electron chi connectivity index (χ2n) is 3.83. The van der Waals surface area contributed by atoms with E-state index in [9.17, 15) is 0 Å². The summed E-state index contributed by atoms with van der Waals surface area (Å²) in [6, 6.07) is 0.213. The van der Waals surface area contributed by atoms with Crippen molar-refractivity contribution in [3.63, 3.8) is 0 Å². The van der Waals surface area contributed by atoms with E-state index in [-0.39, 0.29) is 18.1 Å². The standard InChI is InChI=1S/C10H14N6O/c1-6(2)17-10-14-7(13-9(11)15-10)8-12-4-5-16(8)3/h4-6H,1-3H3,(H2,11,13,14,15). The molecule has 0 spiro atoms. The molecule has 0 saturated carbocycles. The molecule has 7 nitrogen and oxygen atoms in total. The number of hydrogen-bond donors (Lipinski definition) is 1. The lowest BCUT2D eigenvalue weighted by Crippen LogP contribution is -2.11. The topological polar surface area (TPSA) is 91.7 Å². The Balaban J connectivity index is 2.42. The third-order valence-electron chi connectivity index (χ3n) is 1.99. The number of imidazole rings is 1. The third-order valence-corrected chi connectivity index (χ3v) is 1.99. The van der Waals surface area contributed by atoms with Gasteiger partial charge < -0.3 is 15.0 Å². The van der Waals surface area contributed by atoms with Crippen LogP contribution in [0.2, 0.25) is 0 Å². The van der Waals surface area contributed by atoms with Crippen molar-refractivity contribution in [3.05, 3.63) is 12.4 Å². The fourth-order valence-electron chi connectivity index (χ4n) is 1.32. The predicted molar refractivity (Wildman–Crippen MR) is 62.2 cm³/mol. The van der Waals surface area contributed by atoms with E-state index in [1.165, 1.54) is 0 Å². The summed E-state index contributed by atoms with van der Waals surface area (Å²) in [5.74, 6) is 1.14. The molecule has 0 saturated heterocycles. The highest BCUT2D eigenvalue weighted by atomic mass is 16.5. The van der Waals surface area contributed by atoms with E-state index >= 15 is 0 Å². The molecule has 0 fully saturated rings. The van der Waals surface area contributed by atoms with Crippen molar-refractivity contribution in [3.8, 4) is 17.7 Å². The van der Waals surface area contributed by atoms with E-state index in [0.717, 1.165) is 0 Å². The fourth-order valence-corrected chi connectivity index (χ4v) is 1.32. The maximum Gasteiger partial charge on any atom is 0.322 e. The number of hydrogen-bond acceptors (Lipinski definition) is 6. The molecule has 0 aromatic carbocycles. The zero-order valence-electron chi connectivity index (χ0n) is 9.95. The Bertz CT molecular complexity index is 521. The second kappa shape index (κ2) is 4.36. The molecule has 2 heterocycles. The van der Waals surface area contributed by atoms with Gasteiger partial charge in [-0.15, -0.1) is 0 Å². The molecule has 2 aromatic heterocycles. The molecule has 0 unspecified atom stereocenters. The van der Waals surface area contributed by atoms with Crippen LogP contribution in [0.5, 0.6) is 6.01 Å². The molecular weight excluding hydrogens is 220 g/mol. The lowest BCUT2D eigenvalue weighted by molar-refractivity contribution is 0.222. The van der Waals surface area contributed by atoms with Gasteiger partial charge in [0.15, 0.2) is 5.82 Å². The number of aryl methyl sites for hydroxylation is 1. The summed E-state index contributed by atoms with van der Waals surface area (Å²) >= 11 is 0. The first-order valence-electron chi connectivity index (χ1n) is 5.22. The minimum Gasteiger partial charge on any atom is -0.461 e. The van der Waals surface area contributed by atoms with Gasteiger partial charge in [0.25, 0.3) is 0 Å². The Hall–Kier alpha value is -2.18. The van der Waals surface area contributed by atoms with E-state index in [1.807, 2.05) is 20.9 Å². The SMILES string of the molecule is CC(C)Oc1nc(N)nc(-c2nccn2C)n1. The molecule has 2 N–H and O–H groups in total. The summed E-state index contributed by atoms with van der Waals surface area (Å²) in [7, 11) is 1.85. The van der Waals surface area contributed by atoms with Gasteiger partial charge in [-0.25, -0.2) is 4.98 Å². The highest BCUT2D eigenvalue weighted by molar-refractivity contribution is 5.46. The van der Waals surface area contributed by atoms with Crippen LogP contribution in [0.15, 0.2) is 12.4 Å². The Labute approximate surface area is 98.7 Å². The molecule has 7 heteroatoms. The summed E-state index contributed by atoms with van der Waals surface area (Å²) in [6.07, 6.45) is 3.45. The van der Waals surface area contributed by atoms with E-state index in [2.05, 4.69) is 19.9 Å². The van der Waals surface area contributed by atoms with E-state index in [1.54, 1.807) is 17.0 Å². The first kappa shape index (κ1) is 11.3. The van der Waals surface area contributed by atoms with Crippen molar-refractivity contribution in [1.29, 1.82) is 0 Å². The summed E-state index contributed by atoms with van der Waals surface area (Å²) in [6.45, 7) is 3.78. The van der Waals surface area contributed by atoms with Crippen molar-refractivity contribution >= 4 is 5.95 Å². The van der Waals surface area contributed by atoms with Gasteiger partial charge in [-0.05, 0) is 13.8 Å². The molecule has 0 aliphatic heterocycles. The Kier molecular flexibility index (Phi) is 2.90. The van der Waals surface area contributed by atoms with Crippen LogP contribution >= 0.6 is 0 Å². The van der Waals surface area contributed by atoms with Gasteiger partial charge in [0, 0.05) is 19.4 Å². The van der Waals surface area contributed by atoms with Crippen molar-refractivity contribution in [2.45, 2.75) is 20.0 Å². The predicted octanol–water partition coefficient (Wildman–Crippen LogP) is 0.641. The van der Waals surface area contributed by atoms with Gasteiger partial charge in [-0.1, -0.05) is 0 Å². The fraction of sp³-hybridized carbons (Fsp3) is 0.400. The summed E-state index contributed by atoms with van der Waals surface area (Å²) in [4.78, 5) is 16.3. The zero-order valence-corrected chi connectivity index (χ0v) is 9.95. The van der Waals surface area contributed by atoms with Gasteiger partial charge in [0.2, 0.25) is 11.8 Å². The Morgan fingerprint density at radius 1 is 1.29 bits per heavy atom. The monoisotopic (exact) mass is 234 g/mol. The quantitative estimate of drug-likeness (QED) is 0.837. The molecule has 2 rings (SSSR count). The first-order chi connectivity index (χ1) is 8.06. The molecule has 0 amide bonds. The van der Waals surface area contributed by atoms with E-state index < -0.39 is 0 Å². The third kappa shape index (κ3) is 2.49. The van der Waals surface area contributed by atoms with Crippen LogP contribution in [0, 0.1) is 0 Å². The van der Waals surface area contributed by atoms with Crippen LogP contribution in [0.25, 0.3) is 11.6 Å². The van der Waals surface area contributed by atoms with Crippen molar-refractivity contribution < 1.29 is 4.74 Å². The van der Waals surface area contributed by atoms with Crippen LogP contribution < -0.4 is 10.5 Å².